The van der Waals surface area contributed by atoms with Crippen molar-refractivity contribution >= 4 is 5.91 Å². The van der Waals surface area contributed by atoms with E-state index in [1.807, 2.05) is 20.8 Å². The zero-order valence-electron chi connectivity index (χ0n) is 9.60. The van der Waals surface area contributed by atoms with Crippen LogP contribution in [0.3, 0.4) is 0 Å². The summed E-state index contributed by atoms with van der Waals surface area (Å²) in [5, 5.41) is 0. The van der Waals surface area contributed by atoms with Gasteiger partial charge in [0.1, 0.15) is 0 Å². The predicted octanol–water partition coefficient (Wildman–Crippen LogP) is 2.44. The molecular formula is C12H21NO. The molecule has 2 rings (SSSR count). The summed E-state index contributed by atoms with van der Waals surface area (Å²) in [6.45, 7) is 8.07. The van der Waals surface area contributed by atoms with Crippen LogP contribution in [0.25, 0.3) is 0 Å². The number of carbonyl (C=O) groups is 1. The van der Waals surface area contributed by atoms with Gasteiger partial charge in [0, 0.05) is 18.5 Å². The van der Waals surface area contributed by atoms with Crippen LogP contribution in [-0.2, 0) is 4.79 Å². The lowest BCUT2D eigenvalue weighted by atomic mass is 9.90. The number of piperidine rings is 1. The maximum absolute atomic E-state index is 12.1. The minimum atomic E-state index is -0.201. The molecule has 0 atom stereocenters. The smallest absolute Gasteiger partial charge is 0.227 e. The van der Waals surface area contributed by atoms with E-state index in [0.29, 0.717) is 11.3 Å². The first kappa shape index (κ1) is 10.0. The number of likely N-dealkylation sites (tertiary alicyclic amines) is 1. The van der Waals surface area contributed by atoms with Crippen LogP contribution in [0.1, 0.15) is 46.5 Å². The van der Waals surface area contributed by atoms with Crippen LogP contribution in [0.5, 0.6) is 0 Å². The van der Waals surface area contributed by atoms with E-state index in [2.05, 4.69) is 4.90 Å². The monoisotopic (exact) mass is 195 g/mol. The van der Waals surface area contributed by atoms with Gasteiger partial charge in [0.15, 0.2) is 0 Å². The molecule has 2 heteroatoms. The van der Waals surface area contributed by atoms with Gasteiger partial charge >= 0.3 is 0 Å². The molecule has 1 saturated carbocycles. The molecule has 1 aliphatic heterocycles. The van der Waals surface area contributed by atoms with E-state index in [1.165, 1.54) is 25.7 Å². The van der Waals surface area contributed by atoms with Crippen molar-refractivity contribution in [2.45, 2.75) is 46.5 Å². The van der Waals surface area contributed by atoms with Crippen molar-refractivity contribution in [2.75, 3.05) is 13.1 Å². The minimum Gasteiger partial charge on any atom is -0.342 e. The molecule has 1 aliphatic carbocycles. The summed E-state index contributed by atoms with van der Waals surface area (Å²) in [6, 6.07) is 0. The standard InChI is InChI=1S/C12H21NO/c1-11(2,3)10(14)13-8-4-5-12(9-13)6-7-12/h4-9H2,1-3H3. The Morgan fingerprint density at radius 1 is 1.21 bits per heavy atom. The van der Waals surface area contributed by atoms with Gasteiger partial charge in [-0.3, -0.25) is 4.79 Å². The van der Waals surface area contributed by atoms with Gasteiger partial charge in [0.05, 0.1) is 0 Å². The molecular weight excluding hydrogens is 174 g/mol. The fourth-order valence-corrected chi connectivity index (χ4v) is 2.44. The molecule has 1 saturated heterocycles. The van der Waals surface area contributed by atoms with Gasteiger partial charge in [-0.2, -0.15) is 0 Å². The fraction of sp³-hybridized carbons (Fsp3) is 0.917. The molecule has 1 heterocycles. The summed E-state index contributed by atoms with van der Waals surface area (Å²) in [5.74, 6) is 0.337. The summed E-state index contributed by atoms with van der Waals surface area (Å²) < 4.78 is 0. The molecule has 1 spiro atoms. The van der Waals surface area contributed by atoms with Crippen molar-refractivity contribution in [3.63, 3.8) is 0 Å². The quantitative estimate of drug-likeness (QED) is 0.581. The van der Waals surface area contributed by atoms with Crippen LogP contribution in [0, 0.1) is 10.8 Å². The third kappa shape index (κ3) is 1.79. The van der Waals surface area contributed by atoms with Crippen LogP contribution in [-0.4, -0.2) is 23.9 Å². The maximum Gasteiger partial charge on any atom is 0.227 e. The van der Waals surface area contributed by atoms with Gasteiger partial charge < -0.3 is 4.90 Å². The first-order chi connectivity index (χ1) is 6.43. The summed E-state index contributed by atoms with van der Waals surface area (Å²) in [5.41, 5.74) is 0.354. The minimum absolute atomic E-state index is 0.201. The van der Waals surface area contributed by atoms with Crippen molar-refractivity contribution in [1.82, 2.24) is 4.90 Å². The lowest BCUT2D eigenvalue weighted by Gasteiger charge is -2.36. The van der Waals surface area contributed by atoms with E-state index in [-0.39, 0.29) is 5.41 Å². The molecule has 0 aromatic heterocycles. The zero-order chi connectivity index (χ0) is 10.4. The highest BCUT2D eigenvalue weighted by Crippen LogP contribution is 2.52. The van der Waals surface area contributed by atoms with Gasteiger partial charge in [0.2, 0.25) is 5.91 Å². The first-order valence-electron chi connectivity index (χ1n) is 5.72. The van der Waals surface area contributed by atoms with Crippen LogP contribution < -0.4 is 0 Å². The molecule has 0 radical (unpaired) electrons. The molecule has 1 amide bonds. The highest BCUT2D eigenvalue weighted by molar-refractivity contribution is 5.81. The van der Waals surface area contributed by atoms with Crippen molar-refractivity contribution in [3.05, 3.63) is 0 Å². The molecule has 2 nitrogen and oxygen atoms in total. The number of nitrogens with zero attached hydrogens (tertiary/aromatic N) is 1. The SMILES string of the molecule is CC(C)(C)C(=O)N1CCCC2(CC2)C1. The fourth-order valence-electron chi connectivity index (χ4n) is 2.44. The largest absolute Gasteiger partial charge is 0.342 e. The first-order valence-corrected chi connectivity index (χ1v) is 5.72. The summed E-state index contributed by atoms with van der Waals surface area (Å²) in [7, 11) is 0. The molecule has 0 unspecified atom stereocenters. The van der Waals surface area contributed by atoms with E-state index in [9.17, 15) is 4.79 Å². The van der Waals surface area contributed by atoms with Gasteiger partial charge in [-0.1, -0.05) is 20.8 Å². The summed E-state index contributed by atoms with van der Waals surface area (Å²) in [4.78, 5) is 14.2. The van der Waals surface area contributed by atoms with Crippen molar-refractivity contribution in [3.8, 4) is 0 Å². The highest BCUT2D eigenvalue weighted by Gasteiger charge is 2.47. The molecule has 2 aliphatic rings. The Labute approximate surface area is 86.7 Å². The predicted molar refractivity (Wildman–Crippen MR) is 56.9 cm³/mol. The Bertz CT molecular complexity index is 248. The van der Waals surface area contributed by atoms with Crippen LogP contribution in [0.4, 0.5) is 0 Å². The average molecular weight is 195 g/mol. The molecule has 0 aromatic carbocycles. The number of hydrogen-bond donors (Lipinski definition) is 0. The Kier molecular flexibility index (Phi) is 2.13. The molecule has 0 bridgehead atoms. The van der Waals surface area contributed by atoms with Crippen LogP contribution >= 0.6 is 0 Å². The highest BCUT2D eigenvalue weighted by atomic mass is 16.2. The Morgan fingerprint density at radius 3 is 2.36 bits per heavy atom. The zero-order valence-corrected chi connectivity index (χ0v) is 9.60. The third-order valence-corrected chi connectivity index (χ3v) is 3.55. The molecule has 0 aromatic rings. The van der Waals surface area contributed by atoms with Gasteiger partial charge in [-0.25, -0.2) is 0 Å². The topological polar surface area (TPSA) is 20.3 Å². The van der Waals surface area contributed by atoms with E-state index in [0.717, 1.165) is 13.1 Å². The van der Waals surface area contributed by atoms with Crippen molar-refractivity contribution in [1.29, 1.82) is 0 Å². The summed E-state index contributed by atoms with van der Waals surface area (Å²) in [6.07, 6.45) is 5.25. The van der Waals surface area contributed by atoms with E-state index in [1.54, 1.807) is 0 Å². The number of carbonyl (C=O) groups excluding carboxylic acids is 1. The van der Waals surface area contributed by atoms with Crippen molar-refractivity contribution < 1.29 is 4.79 Å². The van der Waals surface area contributed by atoms with Crippen LogP contribution in [0.2, 0.25) is 0 Å². The molecule has 14 heavy (non-hydrogen) atoms. The van der Waals surface area contributed by atoms with E-state index >= 15 is 0 Å². The number of hydrogen-bond acceptors (Lipinski definition) is 1. The average Bonchev–Trinajstić information content (AvgIpc) is 2.82. The molecule has 0 N–H and O–H groups in total. The lowest BCUT2D eigenvalue weighted by Crippen LogP contribution is -2.45. The van der Waals surface area contributed by atoms with E-state index < -0.39 is 0 Å². The maximum atomic E-state index is 12.1. The van der Waals surface area contributed by atoms with Crippen LogP contribution in [0.15, 0.2) is 0 Å². The van der Waals surface area contributed by atoms with Gasteiger partial charge in [-0.05, 0) is 31.1 Å². The number of rotatable bonds is 0. The Balaban J connectivity index is 2.01. The second-order valence-corrected chi connectivity index (χ2v) is 6.08. The van der Waals surface area contributed by atoms with Gasteiger partial charge in [0.25, 0.3) is 0 Å². The second kappa shape index (κ2) is 2.98. The Hall–Kier alpha value is -0.530. The Morgan fingerprint density at radius 2 is 1.86 bits per heavy atom. The number of amides is 1. The second-order valence-electron chi connectivity index (χ2n) is 6.08. The lowest BCUT2D eigenvalue weighted by molar-refractivity contribution is -0.141. The molecule has 2 fully saturated rings. The third-order valence-electron chi connectivity index (χ3n) is 3.55. The molecule has 80 valence electrons. The normalized spacial score (nSPS) is 25.2. The van der Waals surface area contributed by atoms with Crippen molar-refractivity contribution in [2.24, 2.45) is 10.8 Å². The summed E-state index contributed by atoms with van der Waals surface area (Å²) >= 11 is 0. The van der Waals surface area contributed by atoms with E-state index in [4.69, 9.17) is 0 Å². The van der Waals surface area contributed by atoms with Gasteiger partial charge in [-0.15, -0.1) is 0 Å².